The van der Waals surface area contributed by atoms with Crippen LogP contribution in [0.3, 0.4) is 0 Å². The molecule has 0 unspecified atom stereocenters. The van der Waals surface area contributed by atoms with Gasteiger partial charge < -0.3 is 14.5 Å². The predicted molar refractivity (Wildman–Crippen MR) is 101 cm³/mol. The third-order valence-electron chi connectivity index (χ3n) is 4.63. The van der Waals surface area contributed by atoms with Crippen LogP contribution in [0, 0.1) is 10.1 Å². The average Bonchev–Trinajstić information content (AvgIpc) is 2.95. The normalized spacial score (nSPS) is 14.6. The molecule has 0 atom stereocenters. The summed E-state index contributed by atoms with van der Waals surface area (Å²) in [7, 11) is 1.61. The molecule has 1 aromatic carbocycles. The van der Waals surface area contributed by atoms with Gasteiger partial charge in [0.15, 0.2) is 0 Å². The van der Waals surface area contributed by atoms with E-state index < -0.39 is 4.92 Å². The maximum atomic E-state index is 12.6. The van der Waals surface area contributed by atoms with Gasteiger partial charge in [-0.25, -0.2) is 4.98 Å². The average molecular weight is 370 g/mol. The van der Waals surface area contributed by atoms with Crippen molar-refractivity contribution in [3.63, 3.8) is 0 Å². The minimum atomic E-state index is -0.460. The Morgan fingerprint density at radius 2 is 1.93 bits per heavy atom. The largest absolute Gasteiger partial charge is 0.497 e. The number of hydrogen-bond donors (Lipinski definition) is 0. The van der Waals surface area contributed by atoms with Crippen LogP contribution in [0.15, 0.2) is 42.6 Å². The van der Waals surface area contributed by atoms with Crippen LogP contribution in [0.25, 0.3) is 0 Å². The number of methoxy groups -OCH3 is 1. The Bertz CT molecular complexity index is 792. The number of nitro groups is 1. The van der Waals surface area contributed by atoms with E-state index in [9.17, 15) is 14.9 Å². The topological polar surface area (TPSA) is 88.8 Å². The molecule has 2 heterocycles. The van der Waals surface area contributed by atoms with Gasteiger partial charge in [-0.15, -0.1) is 0 Å². The number of benzene rings is 1. The Labute approximate surface area is 157 Å². The highest BCUT2D eigenvalue weighted by atomic mass is 16.6. The fourth-order valence-electron chi connectivity index (χ4n) is 3.10. The standard InChI is InChI=1S/C19H22N4O4/c1-27-17-6-3-15(4-7-17)13-19(24)22-10-2-9-21(11-12-22)18-8-5-16(14-20-18)23(25)26/h3-8,14H,2,9-13H2,1H3. The van der Waals surface area contributed by atoms with Gasteiger partial charge in [0.1, 0.15) is 17.8 Å². The van der Waals surface area contributed by atoms with Gasteiger partial charge in [0.05, 0.1) is 18.5 Å². The molecule has 0 spiro atoms. The highest BCUT2D eigenvalue weighted by molar-refractivity contribution is 5.79. The molecular weight excluding hydrogens is 348 g/mol. The van der Waals surface area contributed by atoms with Crippen LogP contribution in [0.5, 0.6) is 5.75 Å². The number of ether oxygens (including phenoxy) is 1. The second-order valence-corrected chi connectivity index (χ2v) is 6.38. The lowest BCUT2D eigenvalue weighted by molar-refractivity contribution is -0.385. The predicted octanol–water partition coefficient (Wildman–Crippen LogP) is 2.28. The van der Waals surface area contributed by atoms with Gasteiger partial charge in [-0.1, -0.05) is 12.1 Å². The van der Waals surface area contributed by atoms with Gasteiger partial charge in [0.2, 0.25) is 5.91 Å². The van der Waals surface area contributed by atoms with Crippen LogP contribution in [0.1, 0.15) is 12.0 Å². The van der Waals surface area contributed by atoms with Crippen LogP contribution in [-0.4, -0.2) is 54.0 Å². The van der Waals surface area contributed by atoms with Gasteiger partial charge in [-0.2, -0.15) is 0 Å². The summed E-state index contributed by atoms with van der Waals surface area (Å²) in [6.07, 6.45) is 2.46. The van der Waals surface area contributed by atoms with Crippen molar-refractivity contribution >= 4 is 17.4 Å². The number of nitrogens with zero attached hydrogens (tertiary/aromatic N) is 4. The number of hydrogen-bond acceptors (Lipinski definition) is 6. The van der Waals surface area contributed by atoms with E-state index >= 15 is 0 Å². The first-order valence-electron chi connectivity index (χ1n) is 8.83. The number of rotatable bonds is 5. The van der Waals surface area contributed by atoms with E-state index in [0.29, 0.717) is 31.9 Å². The molecule has 8 nitrogen and oxygen atoms in total. The zero-order valence-electron chi connectivity index (χ0n) is 15.2. The summed E-state index contributed by atoms with van der Waals surface area (Å²) in [6.45, 7) is 2.71. The molecular formula is C19H22N4O4. The minimum Gasteiger partial charge on any atom is -0.497 e. The molecule has 27 heavy (non-hydrogen) atoms. The smallest absolute Gasteiger partial charge is 0.287 e. The molecule has 1 aliphatic heterocycles. The van der Waals surface area contributed by atoms with Crippen molar-refractivity contribution in [2.45, 2.75) is 12.8 Å². The summed E-state index contributed by atoms with van der Waals surface area (Å²) in [6, 6.07) is 10.6. The highest BCUT2D eigenvalue weighted by Gasteiger charge is 2.20. The summed E-state index contributed by atoms with van der Waals surface area (Å²) in [5.74, 6) is 1.57. The number of amides is 1. The van der Waals surface area contributed by atoms with Crippen molar-refractivity contribution in [2.24, 2.45) is 0 Å². The molecule has 1 aliphatic rings. The Hall–Kier alpha value is -3.16. The number of carbonyl (C=O) groups excluding carboxylic acids is 1. The van der Waals surface area contributed by atoms with Gasteiger partial charge >= 0.3 is 0 Å². The SMILES string of the molecule is COc1ccc(CC(=O)N2CCCN(c3ccc([N+](=O)[O-])cn3)CC2)cc1. The monoisotopic (exact) mass is 370 g/mol. The van der Waals surface area contributed by atoms with Gasteiger partial charge in [0.25, 0.3) is 5.69 Å². The van der Waals surface area contributed by atoms with Gasteiger partial charge in [-0.05, 0) is 30.2 Å². The molecule has 2 aromatic rings. The fraction of sp³-hybridized carbons (Fsp3) is 0.368. The summed E-state index contributed by atoms with van der Waals surface area (Å²) in [4.78, 5) is 31.0. The molecule has 1 saturated heterocycles. The third-order valence-corrected chi connectivity index (χ3v) is 4.63. The molecule has 0 radical (unpaired) electrons. The van der Waals surface area contributed by atoms with Crippen LogP contribution < -0.4 is 9.64 Å². The van der Waals surface area contributed by atoms with Gasteiger partial charge in [-0.3, -0.25) is 14.9 Å². The van der Waals surface area contributed by atoms with Crippen molar-refractivity contribution in [3.8, 4) is 5.75 Å². The fourth-order valence-corrected chi connectivity index (χ4v) is 3.10. The number of anilines is 1. The second-order valence-electron chi connectivity index (χ2n) is 6.38. The lowest BCUT2D eigenvalue weighted by Crippen LogP contribution is -2.36. The van der Waals surface area contributed by atoms with Crippen LogP contribution >= 0.6 is 0 Å². The van der Waals surface area contributed by atoms with Crippen molar-refractivity contribution < 1.29 is 14.5 Å². The van der Waals surface area contributed by atoms with E-state index in [0.717, 1.165) is 24.3 Å². The number of carbonyl (C=O) groups is 1. The quantitative estimate of drug-likeness (QED) is 0.593. The summed E-state index contributed by atoms with van der Waals surface area (Å²) in [5, 5.41) is 10.7. The highest BCUT2D eigenvalue weighted by Crippen LogP contribution is 2.18. The van der Waals surface area contributed by atoms with E-state index in [4.69, 9.17) is 4.74 Å². The molecule has 3 rings (SSSR count). The van der Waals surface area contributed by atoms with E-state index in [1.54, 1.807) is 13.2 Å². The Balaban J connectivity index is 1.58. The second kappa shape index (κ2) is 8.48. The first-order chi connectivity index (χ1) is 13.1. The first kappa shape index (κ1) is 18.6. The molecule has 0 aliphatic carbocycles. The molecule has 1 fully saturated rings. The lowest BCUT2D eigenvalue weighted by Gasteiger charge is -2.23. The molecule has 1 amide bonds. The van der Waals surface area contributed by atoms with Crippen LogP contribution in [0.4, 0.5) is 11.5 Å². The van der Waals surface area contributed by atoms with E-state index in [-0.39, 0.29) is 11.6 Å². The summed E-state index contributed by atoms with van der Waals surface area (Å²) < 4.78 is 5.14. The number of pyridine rings is 1. The Morgan fingerprint density at radius 3 is 2.56 bits per heavy atom. The van der Waals surface area contributed by atoms with Gasteiger partial charge in [0, 0.05) is 32.2 Å². The zero-order chi connectivity index (χ0) is 19.2. The first-order valence-corrected chi connectivity index (χ1v) is 8.83. The molecule has 142 valence electrons. The van der Waals surface area contributed by atoms with Crippen molar-refractivity contribution in [2.75, 3.05) is 38.2 Å². The lowest BCUT2D eigenvalue weighted by atomic mass is 10.1. The van der Waals surface area contributed by atoms with E-state index in [1.807, 2.05) is 29.2 Å². The molecule has 8 heteroatoms. The molecule has 1 aromatic heterocycles. The van der Waals surface area contributed by atoms with Crippen molar-refractivity contribution in [3.05, 3.63) is 58.3 Å². The number of aromatic nitrogens is 1. The molecule has 0 saturated carbocycles. The maximum Gasteiger partial charge on any atom is 0.287 e. The maximum absolute atomic E-state index is 12.6. The van der Waals surface area contributed by atoms with E-state index in [2.05, 4.69) is 9.88 Å². The summed E-state index contributed by atoms with van der Waals surface area (Å²) in [5.41, 5.74) is 0.934. The minimum absolute atomic E-state index is 0.0233. The Kier molecular flexibility index (Phi) is 5.85. The summed E-state index contributed by atoms with van der Waals surface area (Å²) >= 11 is 0. The molecule has 0 bridgehead atoms. The zero-order valence-corrected chi connectivity index (χ0v) is 15.2. The Morgan fingerprint density at radius 1 is 1.15 bits per heavy atom. The van der Waals surface area contributed by atoms with Crippen LogP contribution in [0.2, 0.25) is 0 Å². The molecule has 0 N–H and O–H groups in total. The third kappa shape index (κ3) is 4.72. The van der Waals surface area contributed by atoms with E-state index in [1.165, 1.54) is 12.3 Å². The van der Waals surface area contributed by atoms with Crippen LogP contribution in [-0.2, 0) is 11.2 Å². The van der Waals surface area contributed by atoms with Crippen molar-refractivity contribution in [1.29, 1.82) is 0 Å². The van der Waals surface area contributed by atoms with Crippen molar-refractivity contribution in [1.82, 2.24) is 9.88 Å².